The van der Waals surface area contributed by atoms with E-state index >= 15 is 0 Å². The SMILES string of the molecule is CCc1cc2c(cc1COC1CCCCO1)[Si](C)(C)C[Si]2(C)C. The van der Waals surface area contributed by atoms with Crippen LogP contribution in [0.15, 0.2) is 12.1 Å². The van der Waals surface area contributed by atoms with Crippen LogP contribution in [0, 0.1) is 0 Å². The van der Waals surface area contributed by atoms with Crippen LogP contribution in [-0.2, 0) is 22.5 Å². The van der Waals surface area contributed by atoms with Gasteiger partial charge < -0.3 is 9.47 Å². The van der Waals surface area contributed by atoms with Crippen LogP contribution in [0.1, 0.15) is 37.3 Å². The average molecular weight is 349 g/mol. The molecule has 0 aromatic heterocycles. The van der Waals surface area contributed by atoms with Gasteiger partial charge in [0.1, 0.15) is 0 Å². The first kappa shape index (κ1) is 17.4. The van der Waals surface area contributed by atoms with Crippen LogP contribution >= 0.6 is 0 Å². The summed E-state index contributed by atoms with van der Waals surface area (Å²) in [6.45, 7) is 14.1. The zero-order valence-electron chi connectivity index (χ0n) is 15.5. The first-order chi connectivity index (χ1) is 10.8. The van der Waals surface area contributed by atoms with Crippen LogP contribution in [-0.4, -0.2) is 29.0 Å². The van der Waals surface area contributed by atoms with Gasteiger partial charge in [-0.25, -0.2) is 0 Å². The summed E-state index contributed by atoms with van der Waals surface area (Å²) in [6, 6.07) is 5.06. The second-order valence-electron chi connectivity index (χ2n) is 8.57. The summed E-state index contributed by atoms with van der Waals surface area (Å²) >= 11 is 0. The molecular formula is C19H32O2Si2. The first-order valence-corrected chi connectivity index (χ1v) is 15.6. The minimum atomic E-state index is -1.26. The van der Waals surface area contributed by atoms with Crippen molar-refractivity contribution in [2.75, 3.05) is 6.61 Å². The van der Waals surface area contributed by atoms with E-state index in [2.05, 4.69) is 45.2 Å². The monoisotopic (exact) mass is 348 g/mol. The van der Waals surface area contributed by atoms with E-state index in [0.717, 1.165) is 19.4 Å². The van der Waals surface area contributed by atoms with Crippen molar-refractivity contribution in [3.05, 3.63) is 23.3 Å². The Labute approximate surface area is 143 Å². The largest absolute Gasteiger partial charge is 0.353 e. The fourth-order valence-electron chi connectivity index (χ4n) is 4.59. The Balaban J connectivity index is 1.86. The van der Waals surface area contributed by atoms with Gasteiger partial charge in [0.15, 0.2) is 6.29 Å². The third-order valence-electron chi connectivity index (χ3n) is 5.63. The third kappa shape index (κ3) is 3.50. The summed E-state index contributed by atoms with van der Waals surface area (Å²) in [4.78, 5) is 0. The molecule has 3 rings (SSSR count). The molecule has 2 nitrogen and oxygen atoms in total. The van der Waals surface area contributed by atoms with Gasteiger partial charge in [0.2, 0.25) is 0 Å². The van der Waals surface area contributed by atoms with Gasteiger partial charge in [0.05, 0.1) is 22.8 Å². The third-order valence-corrected chi connectivity index (χ3v) is 16.7. The lowest BCUT2D eigenvalue weighted by molar-refractivity contribution is -0.169. The molecule has 1 aromatic rings. The Morgan fingerprint density at radius 3 is 2.26 bits per heavy atom. The number of fused-ring (bicyclic) bond motifs is 1. The van der Waals surface area contributed by atoms with Crippen molar-refractivity contribution in [1.29, 1.82) is 0 Å². The van der Waals surface area contributed by atoms with Crippen molar-refractivity contribution >= 4 is 26.5 Å². The van der Waals surface area contributed by atoms with Crippen LogP contribution in [0.3, 0.4) is 0 Å². The lowest BCUT2D eigenvalue weighted by atomic mass is 10.1. The van der Waals surface area contributed by atoms with E-state index in [1.54, 1.807) is 10.4 Å². The van der Waals surface area contributed by atoms with Crippen molar-refractivity contribution in [2.45, 2.75) is 77.4 Å². The van der Waals surface area contributed by atoms with E-state index in [-0.39, 0.29) is 6.29 Å². The van der Waals surface area contributed by atoms with Crippen molar-refractivity contribution in [3.8, 4) is 0 Å². The first-order valence-electron chi connectivity index (χ1n) is 9.23. The fourth-order valence-corrected chi connectivity index (χ4v) is 19.7. The Bertz CT molecular complexity index is 575. The highest BCUT2D eigenvalue weighted by Crippen LogP contribution is 2.28. The van der Waals surface area contributed by atoms with Gasteiger partial charge in [-0.15, -0.1) is 0 Å². The molecule has 0 spiro atoms. The average Bonchev–Trinajstić information content (AvgIpc) is 2.69. The molecule has 2 aliphatic heterocycles. The van der Waals surface area contributed by atoms with Gasteiger partial charge in [-0.2, -0.15) is 0 Å². The molecule has 0 radical (unpaired) electrons. The zero-order valence-corrected chi connectivity index (χ0v) is 17.5. The van der Waals surface area contributed by atoms with Crippen LogP contribution in [0.25, 0.3) is 0 Å². The van der Waals surface area contributed by atoms with Crippen LogP contribution in [0.5, 0.6) is 0 Å². The van der Waals surface area contributed by atoms with E-state index in [0.29, 0.717) is 6.61 Å². The second-order valence-corrected chi connectivity index (χ2v) is 18.6. The minimum Gasteiger partial charge on any atom is -0.353 e. The molecule has 2 aliphatic rings. The maximum absolute atomic E-state index is 6.10. The Kier molecular flexibility index (Phi) is 4.89. The van der Waals surface area contributed by atoms with Gasteiger partial charge in [-0.05, 0) is 36.8 Å². The molecule has 0 bridgehead atoms. The smallest absolute Gasteiger partial charge is 0.158 e. The zero-order chi connectivity index (χ0) is 16.7. The fraction of sp³-hybridized carbons (Fsp3) is 0.684. The number of benzene rings is 1. The van der Waals surface area contributed by atoms with Gasteiger partial charge >= 0.3 is 0 Å². The highest BCUT2D eigenvalue weighted by molar-refractivity contribution is 7.14. The van der Waals surface area contributed by atoms with Crippen LogP contribution in [0.2, 0.25) is 31.9 Å². The van der Waals surface area contributed by atoms with Crippen molar-refractivity contribution < 1.29 is 9.47 Å². The Morgan fingerprint density at radius 2 is 1.70 bits per heavy atom. The topological polar surface area (TPSA) is 18.5 Å². The van der Waals surface area contributed by atoms with Crippen molar-refractivity contribution in [3.63, 3.8) is 0 Å². The summed E-state index contributed by atoms with van der Waals surface area (Å²) < 4.78 is 11.8. The summed E-state index contributed by atoms with van der Waals surface area (Å²) in [6.07, 6.45) is 4.57. The van der Waals surface area contributed by atoms with Gasteiger partial charge in [-0.3, -0.25) is 0 Å². The van der Waals surface area contributed by atoms with Crippen LogP contribution in [0.4, 0.5) is 0 Å². The van der Waals surface area contributed by atoms with Crippen molar-refractivity contribution in [1.82, 2.24) is 0 Å². The summed E-state index contributed by atoms with van der Waals surface area (Å²) in [7, 11) is -2.48. The summed E-state index contributed by atoms with van der Waals surface area (Å²) in [5.74, 6) is 0. The second kappa shape index (κ2) is 6.47. The molecular weight excluding hydrogens is 316 g/mol. The number of hydrogen-bond donors (Lipinski definition) is 0. The normalized spacial score (nSPS) is 25.3. The van der Waals surface area contributed by atoms with Gasteiger partial charge in [0.25, 0.3) is 0 Å². The van der Waals surface area contributed by atoms with Gasteiger partial charge in [0, 0.05) is 6.61 Å². The number of aryl methyl sites for hydroxylation is 1. The predicted octanol–water partition coefficient (Wildman–Crippen LogP) is 3.68. The standard InChI is InChI=1S/C19H32O2Si2/c1-6-15-11-17-18(23(4,5)14-22(17,2)3)12-16(15)13-21-19-9-7-8-10-20-19/h11-12,19H,6-10,13-14H2,1-5H3. The molecule has 1 saturated heterocycles. The highest BCUT2D eigenvalue weighted by atomic mass is 28.4. The summed E-state index contributed by atoms with van der Waals surface area (Å²) in [5, 5.41) is 3.46. The molecule has 23 heavy (non-hydrogen) atoms. The maximum atomic E-state index is 6.10. The molecule has 0 amide bonds. The lowest BCUT2D eigenvalue weighted by Gasteiger charge is -2.24. The minimum absolute atomic E-state index is 0.0118. The van der Waals surface area contributed by atoms with E-state index < -0.39 is 16.1 Å². The highest BCUT2D eigenvalue weighted by Gasteiger charge is 2.44. The molecule has 0 saturated carbocycles. The molecule has 1 atom stereocenters. The molecule has 1 fully saturated rings. The maximum Gasteiger partial charge on any atom is 0.158 e. The molecule has 2 heterocycles. The van der Waals surface area contributed by atoms with Gasteiger partial charge in [-0.1, -0.05) is 61.3 Å². The number of hydrogen-bond acceptors (Lipinski definition) is 2. The van der Waals surface area contributed by atoms with Crippen LogP contribution < -0.4 is 10.4 Å². The molecule has 4 heteroatoms. The molecule has 1 unspecified atom stereocenters. The summed E-state index contributed by atoms with van der Waals surface area (Å²) in [5.41, 5.74) is 4.40. The molecule has 0 aliphatic carbocycles. The van der Waals surface area contributed by atoms with E-state index in [1.165, 1.54) is 29.6 Å². The van der Waals surface area contributed by atoms with E-state index in [9.17, 15) is 0 Å². The number of ether oxygens (including phenoxy) is 2. The molecule has 0 N–H and O–H groups in total. The molecule has 128 valence electrons. The van der Waals surface area contributed by atoms with E-state index in [4.69, 9.17) is 9.47 Å². The predicted molar refractivity (Wildman–Crippen MR) is 103 cm³/mol. The Hall–Kier alpha value is -0.426. The Morgan fingerprint density at radius 1 is 1.04 bits per heavy atom. The quantitative estimate of drug-likeness (QED) is 0.773. The van der Waals surface area contributed by atoms with Crippen molar-refractivity contribution in [2.24, 2.45) is 0 Å². The van der Waals surface area contributed by atoms with E-state index in [1.807, 2.05) is 0 Å². The number of rotatable bonds is 4. The molecule has 1 aromatic carbocycles. The lowest BCUT2D eigenvalue weighted by Crippen LogP contribution is -2.44.